The van der Waals surface area contributed by atoms with Gasteiger partial charge in [-0.1, -0.05) is 12.1 Å². The van der Waals surface area contributed by atoms with E-state index < -0.39 is 0 Å². The Morgan fingerprint density at radius 2 is 1.94 bits per heavy atom. The molecule has 10 heteroatoms. The van der Waals surface area contributed by atoms with Gasteiger partial charge in [0.15, 0.2) is 5.11 Å². The number of hydrazine groups is 1. The average molecular weight is 482 g/mol. The summed E-state index contributed by atoms with van der Waals surface area (Å²) in [4.78, 5) is 25.7. The number of aryl methyl sites for hydroxylation is 1. The molecule has 0 aliphatic heterocycles. The van der Waals surface area contributed by atoms with Crippen LogP contribution >= 0.6 is 35.3 Å². The van der Waals surface area contributed by atoms with Gasteiger partial charge in [-0.25, -0.2) is 9.18 Å². The first kappa shape index (κ1) is 23.5. The van der Waals surface area contributed by atoms with Gasteiger partial charge in [0.05, 0.1) is 17.9 Å². The highest BCUT2D eigenvalue weighted by molar-refractivity contribution is 7.99. The van der Waals surface area contributed by atoms with Crippen molar-refractivity contribution in [1.29, 1.82) is 0 Å². The van der Waals surface area contributed by atoms with Crippen molar-refractivity contribution in [3.05, 3.63) is 51.7 Å². The molecule has 1 amide bonds. The van der Waals surface area contributed by atoms with Crippen LogP contribution in [0.4, 0.5) is 9.39 Å². The Bertz CT molecular complexity index is 947. The monoisotopic (exact) mass is 481 g/mol. The zero-order chi connectivity index (χ0) is 22.2. The van der Waals surface area contributed by atoms with Gasteiger partial charge < -0.3 is 10.1 Å². The van der Waals surface area contributed by atoms with Gasteiger partial charge in [0.1, 0.15) is 10.8 Å². The molecule has 0 atom stereocenters. The van der Waals surface area contributed by atoms with Crippen LogP contribution in [0.5, 0.6) is 0 Å². The molecular formula is C21H24FN3O3S3. The lowest BCUT2D eigenvalue weighted by molar-refractivity contribution is -0.119. The molecule has 1 heterocycles. The second kappa shape index (κ2) is 11.4. The molecule has 2 aromatic rings. The Labute approximate surface area is 194 Å². The molecular weight excluding hydrogens is 457 g/mol. The van der Waals surface area contributed by atoms with Crippen molar-refractivity contribution < 1.29 is 18.7 Å². The summed E-state index contributed by atoms with van der Waals surface area (Å²) in [6.45, 7) is 2.08. The van der Waals surface area contributed by atoms with Crippen LogP contribution in [0.25, 0.3) is 0 Å². The van der Waals surface area contributed by atoms with E-state index in [1.807, 2.05) is 0 Å². The fraction of sp³-hybridized carbons (Fsp3) is 0.381. The van der Waals surface area contributed by atoms with E-state index in [2.05, 4.69) is 16.2 Å². The standard InChI is InChI=1S/C21H24FN3O3S3/c1-2-28-20(27)18-15-5-3-4-6-16(15)31-19(18)23-21(29)25-24-17(26)12-30-11-13-7-9-14(22)10-8-13/h7-10H,2-6,11-12H2,1H3,(H,24,26)(H2,23,25,29). The number of benzene rings is 1. The van der Waals surface area contributed by atoms with Crippen LogP contribution in [0.2, 0.25) is 0 Å². The lowest BCUT2D eigenvalue weighted by Gasteiger charge is -2.13. The molecule has 6 nitrogen and oxygen atoms in total. The number of fused-ring (bicyclic) bond motifs is 1. The third-order valence-corrected chi connectivity index (χ3v) is 7.02. The number of rotatable bonds is 7. The second-order valence-electron chi connectivity index (χ2n) is 6.88. The van der Waals surface area contributed by atoms with E-state index in [9.17, 15) is 14.0 Å². The second-order valence-corrected chi connectivity index (χ2v) is 9.38. The Hall–Kier alpha value is -2.17. The molecule has 3 rings (SSSR count). The molecule has 166 valence electrons. The van der Waals surface area contributed by atoms with Crippen LogP contribution in [0.15, 0.2) is 24.3 Å². The van der Waals surface area contributed by atoms with Crippen molar-refractivity contribution in [2.75, 3.05) is 17.7 Å². The normalized spacial score (nSPS) is 12.6. The Morgan fingerprint density at radius 3 is 2.68 bits per heavy atom. The minimum absolute atomic E-state index is 0.195. The van der Waals surface area contributed by atoms with Gasteiger partial charge in [0.25, 0.3) is 0 Å². The first-order valence-corrected chi connectivity index (χ1v) is 12.4. The minimum Gasteiger partial charge on any atom is -0.462 e. The topological polar surface area (TPSA) is 79.5 Å². The van der Waals surface area contributed by atoms with E-state index in [1.165, 1.54) is 40.1 Å². The van der Waals surface area contributed by atoms with Gasteiger partial charge >= 0.3 is 5.97 Å². The highest BCUT2D eigenvalue weighted by atomic mass is 32.2. The summed E-state index contributed by atoms with van der Waals surface area (Å²) in [5.41, 5.74) is 7.76. The summed E-state index contributed by atoms with van der Waals surface area (Å²) < 4.78 is 18.2. The van der Waals surface area contributed by atoms with Crippen LogP contribution < -0.4 is 16.2 Å². The molecule has 1 aliphatic carbocycles. The van der Waals surface area contributed by atoms with Crippen LogP contribution in [0.1, 0.15) is 46.1 Å². The predicted octanol–water partition coefficient (Wildman–Crippen LogP) is 4.19. The van der Waals surface area contributed by atoms with Gasteiger partial charge in [0, 0.05) is 10.6 Å². The van der Waals surface area contributed by atoms with Crippen molar-refractivity contribution in [1.82, 2.24) is 10.9 Å². The quantitative estimate of drug-likeness (QED) is 0.311. The van der Waals surface area contributed by atoms with Gasteiger partial charge in [0.2, 0.25) is 5.91 Å². The number of nitrogens with one attached hydrogen (secondary N) is 3. The number of ether oxygens (including phenoxy) is 1. The molecule has 0 unspecified atom stereocenters. The summed E-state index contributed by atoms with van der Waals surface area (Å²) in [7, 11) is 0. The van der Waals surface area contributed by atoms with E-state index in [-0.39, 0.29) is 28.6 Å². The zero-order valence-electron chi connectivity index (χ0n) is 17.1. The summed E-state index contributed by atoms with van der Waals surface area (Å²) in [5, 5.41) is 3.87. The van der Waals surface area contributed by atoms with E-state index in [0.29, 0.717) is 22.9 Å². The molecule has 3 N–H and O–H groups in total. The summed E-state index contributed by atoms with van der Waals surface area (Å²) in [5.74, 6) is -0.0656. The van der Waals surface area contributed by atoms with Crippen LogP contribution in [0, 0.1) is 5.82 Å². The van der Waals surface area contributed by atoms with Gasteiger partial charge in [-0.3, -0.25) is 15.6 Å². The van der Waals surface area contributed by atoms with E-state index in [1.54, 1.807) is 19.1 Å². The van der Waals surface area contributed by atoms with Gasteiger partial charge in [-0.2, -0.15) is 0 Å². The number of esters is 1. The van der Waals surface area contributed by atoms with E-state index in [0.717, 1.165) is 36.8 Å². The Morgan fingerprint density at radius 1 is 1.19 bits per heavy atom. The van der Waals surface area contributed by atoms with Crippen molar-refractivity contribution >= 4 is 57.3 Å². The third-order valence-electron chi connectivity index (χ3n) is 4.61. The Balaban J connectivity index is 1.50. The molecule has 0 radical (unpaired) electrons. The number of anilines is 1. The highest BCUT2D eigenvalue weighted by Gasteiger charge is 2.26. The first-order valence-electron chi connectivity index (χ1n) is 9.97. The first-order chi connectivity index (χ1) is 15.0. The number of hydrogen-bond donors (Lipinski definition) is 3. The van der Waals surface area contributed by atoms with E-state index in [4.69, 9.17) is 17.0 Å². The molecule has 0 saturated carbocycles. The molecule has 0 bridgehead atoms. The smallest absolute Gasteiger partial charge is 0.341 e. The number of carbonyl (C=O) groups excluding carboxylic acids is 2. The van der Waals surface area contributed by atoms with Crippen LogP contribution in [-0.2, 0) is 28.1 Å². The Kier molecular flexibility index (Phi) is 8.68. The third kappa shape index (κ3) is 6.65. The maximum absolute atomic E-state index is 12.9. The van der Waals surface area contributed by atoms with Crippen molar-refractivity contribution in [2.45, 2.75) is 38.4 Å². The summed E-state index contributed by atoms with van der Waals surface area (Å²) >= 11 is 8.20. The largest absolute Gasteiger partial charge is 0.462 e. The fourth-order valence-electron chi connectivity index (χ4n) is 3.21. The van der Waals surface area contributed by atoms with Crippen molar-refractivity contribution in [3.63, 3.8) is 0 Å². The maximum Gasteiger partial charge on any atom is 0.341 e. The summed E-state index contributed by atoms with van der Waals surface area (Å²) in [6.07, 6.45) is 3.94. The molecule has 0 fully saturated rings. The molecule has 1 aliphatic rings. The number of thioether (sulfide) groups is 1. The lowest BCUT2D eigenvalue weighted by Crippen LogP contribution is -2.44. The number of halogens is 1. The number of amides is 1. The zero-order valence-corrected chi connectivity index (χ0v) is 19.5. The van der Waals surface area contributed by atoms with Crippen molar-refractivity contribution in [3.8, 4) is 0 Å². The van der Waals surface area contributed by atoms with Crippen LogP contribution in [-0.4, -0.2) is 29.3 Å². The predicted molar refractivity (Wildman–Crippen MR) is 127 cm³/mol. The maximum atomic E-state index is 12.9. The number of thiocarbonyl (C=S) groups is 1. The van der Waals surface area contributed by atoms with Crippen molar-refractivity contribution in [2.24, 2.45) is 0 Å². The number of thiophene rings is 1. The average Bonchev–Trinajstić information content (AvgIpc) is 3.11. The summed E-state index contributed by atoms with van der Waals surface area (Å²) in [6, 6.07) is 6.18. The molecule has 0 saturated heterocycles. The van der Waals surface area contributed by atoms with Gasteiger partial charge in [-0.05, 0) is 68.1 Å². The molecule has 1 aromatic carbocycles. The SMILES string of the molecule is CCOC(=O)c1c(NC(=S)NNC(=O)CSCc2ccc(F)cc2)sc2c1CCCC2. The van der Waals surface area contributed by atoms with Gasteiger partial charge in [-0.15, -0.1) is 23.1 Å². The highest BCUT2D eigenvalue weighted by Crippen LogP contribution is 2.38. The van der Waals surface area contributed by atoms with E-state index >= 15 is 0 Å². The fourth-order valence-corrected chi connectivity index (χ4v) is 5.50. The molecule has 31 heavy (non-hydrogen) atoms. The number of carbonyl (C=O) groups is 2. The lowest BCUT2D eigenvalue weighted by atomic mass is 9.95. The number of hydrogen-bond acceptors (Lipinski definition) is 6. The minimum atomic E-state index is -0.353. The molecule has 1 aromatic heterocycles. The van der Waals surface area contributed by atoms with Crippen LogP contribution in [0.3, 0.4) is 0 Å². The molecule has 0 spiro atoms.